The fourth-order valence-corrected chi connectivity index (χ4v) is 2.54. The number of aromatic nitrogens is 2. The molecular formula is C13H19N3O3. The number of amides is 1. The van der Waals surface area contributed by atoms with Crippen molar-refractivity contribution in [3.8, 4) is 0 Å². The van der Waals surface area contributed by atoms with Gasteiger partial charge in [0.05, 0.1) is 0 Å². The highest BCUT2D eigenvalue weighted by Gasteiger charge is 2.35. The van der Waals surface area contributed by atoms with Crippen LogP contribution in [0.5, 0.6) is 0 Å². The summed E-state index contributed by atoms with van der Waals surface area (Å²) in [5.41, 5.74) is 1.30. The van der Waals surface area contributed by atoms with E-state index in [1.54, 1.807) is 17.8 Å². The first-order valence-corrected chi connectivity index (χ1v) is 6.49. The van der Waals surface area contributed by atoms with Gasteiger partial charge in [-0.25, -0.2) is 4.79 Å². The van der Waals surface area contributed by atoms with Crippen molar-refractivity contribution < 1.29 is 14.7 Å². The van der Waals surface area contributed by atoms with Crippen LogP contribution >= 0.6 is 0 Å². The van der Waals surface area contributed by atoms with Gasteiger partial charge in [-0.1, -0.05) is 13.8 Å². The molecule has 1 fully saturated rings. The molecule has 6 heteroatoms. The van der Waals surface area contributed by atoms with Crippen molar-refractivity contribution in [2.75, 3.05) is 6.54 Å². The van der Waals surface area contributed by atoms with E-state index in [2.05, 4.69) is 5.10 Å². The van der Waals surface area contributed by atoms with Crippen LogP contribution in [0.25, 0.3) is 0 Å². The van der Waals surface area contributed by atoms with Crippen molar-refractivity contribution >= 4 is 11.9 Å². The number of aryl methyl sites for hydroxylation is 1. The molecule has 2 heterocycles. The SMILES string of the molecule is CC(C)c1cc(C(=O)N2CCC[C@H]2C(=O)O)nn1C. The topological polar surface area (TPSA) is 75.4 Å². The Kier molecular flexibility index (Phi) is 3.59. The Morgan fingerprint density at radius 1 is 1.47 bits per heavy atom. The van der Waals surface area contributed by atoms with Gasteiger partial charge in [-0.05, 0) is 24.8 Å². The molecule has 0 unspecified atom stereocenters. The van der Waals surface area contributed by atoms with Crippen molar-refractivity contribution in [1.29, 1.82) is 0 Å². The van der Waals surface area contributed by atoms with Crippen molar-refractivity contribution in [2.45, 2.75) is 38.6 Å². The molecule has 1 saturated heterocycles. The van der Waals surface area contributed by atoms with E-state index in [0.29, 0.717) is 18.7 Å². The Balaban J connectivity index is 2.24. The van der Waals surface area contributed by atoms with Crippen LogP contribution in [0.2, 0.25) is 0 Å². The van der Waals surface area contributed by atoms with Crippen LogP contribution in [0.1, 0.15) is 48.8 Å². The molecule has 1 aliphatic heterocycles. The van der Waals surface area contributed by atoms with Gasteiger partial charge in [0.15, 0.2) is 5.69 Å². The van der Waals surface area contributed by atoms with Gasteiger partial charge in [-0.2, -0.15) is 5.10 Å². The third-order valence-corrected chi connectivity index (χ3v) is 3.53. The highest BCUT2D eigenvalue weighted by molar-refractivity contribution is 5.95. The van der Waals surface area contributed by atoms with Crippen LogP contribution in [-0.4, -0.2) is 44.3 Å². The van der Waals surface area contributed by atoms with Gasteiger partial charge in [-0.3, -0.25) is 9.48 Å². The summed E-state index contributed by atoms with van der Waals surface area (Å²) in [4.78, 5) is 24.9. The van der Waals surface area contributed by atoms with Crippen LogP contribution < -0.4 is 0 Å². The molecule has 1 N–H and O–H groups in total. The molecule has 104 valence electrons. The molecule has 0 bridgehead atoms. The second-order valence-electron chi connectivity index (χ2n) is 5.23. The first kappa shape index (κ1) is 13.6. The fourth-order valence-electron chi connectivity index (χ4n) is 2.54. The molecule has 1 amide bonds. The Hall–Kier alpha value is -1.85. The lowest BCUT2D eigenvalue weighted by molar-refractivity contribution is -0.141. The maximum absolute atomic E-state index is 12.3. The summed E-state index contributed by atoms with van der Waals surface area (Å²) >= 11 is 0. The first-order chi connectivity index (χ1) is 8.91. The number of aliphatic carboxylic acids is 1. The zero-order chi connectivity index (χ0) is 14.2. The predicted octanol–water partition coefficient (Wildman–Crippen LogP) is 1.23. The lowest BCUT2D eigenvalue weighted by Crippen LogP contribution is -2.40. The van der Waals surface area contributed by atoms with Gasteiger partial charge in [0.2, 0.25) is 0 Å². The quantitative estimate of drug-likeness (QED) is 0.892. The first-order valence-electron chi connectivity index (χ1n) is 6.49. The van der Waals surface area contributed by atoms with Crippen molar-refractivity contribution in [2.24, 2.45) is 7.05 Å². The van der Waals surface area contributed by atoms with Crippen LogP contribution in [0.3, 0.4) is 0 Å². The lowest BCUT2D eigenvalue weighted by atomic mass is 10.1. The summed E-state index contributed by atoms with van der Waals surface area (Å²) in [6.45, 7) is 4.55. The minimum atomic E-state index is -0.939. The second kappa shape index (κ2) is 5.03. The molecular weight excluding hydrogens is 246 g/mol. The van der Waals surface area contributed by atoms with Gasteiger partial charge in [0.25, 0.3) is 5.91 Å². The summed E-state index contributed by atoms with van der Waals surface area (Å²) < 4.78 is 1.68. The molecule has 1 aliphatic rings. The highest BCUT2D eigenvalue weighted by atomic mass is 16.4. The van der Waals surface area contributed by atoms with Crippen LogP contribution in [-0.2, 0) is 11.8 Å². The summed E-state index contributed by atoms with van der Waals surface area (Å²) in [7, 11) is 1.80. The van der Waals surface area contributed by atoms with E-state index < -0.39 is 12.0 Å². The molecule has 1 aromatic heterocycles. The lowest BCUT2D eigenvalue weighted by Gasteiger charge is -2.20. The normalized spacial score (nSPS) is 19.2. The minimum Gasteiger partial charge on any atom is -0.480 e. The van der Waals surface area contributed by atoms with Gasteiger partial charge in [0.1, 0.15) is 6.04 Å². The monoisotopic (exact) mass is 265 g/mol. The number of carboxylic acid groups (broad SMARTS) is 1. The number of carbonyl (C=O) groups excluding carboxylic acids is 1. The van der Waals surface area contributed by atoms with E-state index >= 15 is 0 Å². The third-order valence-electron chi connectivity index (χ3n) is 3.53. The van der Waals surface area contributed by atoms with Gasteiger partial charge in [-0.15, -0.1) is 0 Å². The number of rotatable bonds is 3. The van der Waals surface area contributed by atoms with Crippen molar-refractivity contribution in [3.05, 3.63) is 17.5 Å². The van der Waals surface area contributed by atoms with Crippen molar-refractivity contribution in [3.63, 3.8) is 0 Å². The number of nitrogens with zero attached hydrogens (tertiary/aromatic N) is 3. The zero-order valence-corrected chi connectivity index (χ0v) is 11.5. The summed E-state index contributed by atoms with van der Waals surface area (Å²) in [5, 5.41) is 13.3. The van der Waals surface area contributed by atoms with Gasteiger partial charge < -0.3 is 10.0 Å². The van der Waals surface area contributed by atoms with Crippen LogP contribution in [0.4, 0.5) is 0 Å². The van der Waals surface area contributed by atoms with E-state index in [-0.39, 0.29) is 11.8 Å². The van der Waals surface area contributed by atoms with E-state index in [0.717, 1.165) is 12.1 Å². The standard InChI is InChI=1S/C13H19N3O3/c1-8(2)11-7-9(14-15(11)3)12(17)16-6-4-5-10(16)13(18)19/h7-8,10H,4-6H2,1-3H3,(H,18,19)/t10-/m0/s1. The van der Waals surface area contributed by atoms with Crippen molar-refractivity contribution in [1.82, 2.24) is 14.7 Å². The Morgan fingerprint density at radius 2 is 2.16 bits per heavy atom. The maximum atomic E-state index is 12.3. The number of hydrogen-bond acceptors (Lipinski definition) is 3. The number of carboxylic acids is 1. The zero-order valence-electron chi connectivity index (χ0n) is 11.5. The Labute approximate surface area is 112 Å². The smallest absolute Gasteiger partial charge is 0.326 e. The van der Waals surface area contributed by atoms with E-state index in [9.17, 15) is 9.59 Å². The molecule has 0 aromatic carbocycles. The molecule has 1 atom stereocenters. The molecule has 6 nitrogen and oxygen atoms in total. The minimum absolute atomic E-state index is 0.271. The van der Waals surface area contributed by atoms with E-state index in [1.807, 2.05) is 13.8 Å². The van der Waals surface area contributed by atoms with Gasteiger partial charge in [0, 0.05) is 19.3 Å². The molecule has 1 aromatic rings. The summed E-state index contributed by atoms with van der Waals surface area (Å²) in [5.74, 6) is -0.953. The molecule has 0 radical (unpaired) electrons. The second-order valence-corrected chi connectivity index (χ2v) is 5.23. The third kappa shape index (κ3) is 2.47. The van der Waals surface area contributed by atoms with Crippen LogP contribution in [0.15, 0.2) is 6.07 Å². The van der Waals surface area contributed by atoms with E-state index in [1.165, 1.54) is 4.90 Å². The fraction of sp³-hybridized carbons (Fsp3) is 0.615. The van der Waals surface area contributed by atoms with Gasteiger partial charge >= 0.3 is 5.97 Å². The number of likely N-dealkylation sites (tertiary alicyclic amines) is 1. The maximum Gasteiger partial charge on any atom is 0.326 e. The number of hydrogen-bond donors (Lipinski definition) is 1. The predicted molar refractivity (Wildman–Crippen MR) is 69.0 cm³/mol. The van der Waals surface area contributed by atoms with E-state index in [4.69, 9.17) is 5.11 Å². The molecule has 0 aliphatic carbocycles. The molecule has 19 heavy (non-hydrogen) atoms. The Bertz CT molecular complexity index is 507. The molecule has 0 spiro atoms. The largest absolute Gasteiger partial charge is 0.480 e. The average Bonchev–Trinajstić information content (AvgIpc) is 2.93. The summed E-state index contributed by atoms with van der Waals surface area (Å²) in [6.07, 6.45) is 1.25. The highest BCUT2D eigenvalue weighted by Crippen LogP contribution is 2.21. The van der Waals surface area contributed by atoms with Crippen LogP contribution in [0, 0.1) is 0 Å². The summed E-state index contributed by atoms with van der Waals surface area (Å²) in [6, 6.07) is 1.04. The molecule has 0 saturated carbocycles. The Morgan fingerprint density at radius 3 is 2.68 bits per heavy atom. The average molecular weight is 265 g/mol. The molecule has 2 rings (SSSR count). The number of carbonyl (C=O) groups is 2.